The highest BCUT2D eigenvalue weighted by molar-refractivity contribution is 5.44. The van der Waals surface area contributed by atoms with Crippen LogP contribution in [0.25, 0.3) is 5.52 Å². The van der Waals surface area contributed by atoms with Crippen molar-refractivity contribution in [3.63, 3.8) is 0 Å². The van der Waals surface area contributed by atoms with Gasteiger partial charge in [0.2, 0.25) is 0 Å². The lowest BCUT2D eigenvalue weighted by molar-refractivity contribution is 0.146. The fourth-order valence-corrected chi connectivity index (χ4v) is 1.37. The first-order chi connectivity index (χ1) is 6.70. The highest BCUT2D eigenvalue weighted by Gasteiger charge is 2.15. The largest absolute Gasteiger partial charge is 0.385 e. The summed E-state index contributed by atoms with van der Waals surface area (Å²) < 4.78 is 1.59. The molecular formula is C9H12N4O. The van der Waals surface area contributed by atoms with Crippen LogP contribution in [0.4, 0.5) is 0 Å². The van der Waals surface area contributed by atoms with Crippen molar-refractivity contribution in [1.29, 1.82) is 0 Å². The van der Waals surface area contributed by atoms with E-state index in [1.165, 1.54) is 0 Å². The van der Waals surface area contributed by atoms with Crippen molar-refractivity contribution in [2.24, 2.45) is 5.73 Å². The Balaban J connectivity index is 2.56. The normalized spacial score (nSPS) is 15.6. The van der Waals surface area contributed by atoms with Gasteiger partial charge in [0.15, 0.2) is 0 Å². The van der Waals surface area contributed by atoms with E-state index in [2.05, 4.69) is 10.3 Å². The third-order valence-corrected chi connectivity index (χ3v) is 2.16. The number of hydrogen-bond donors (Lipinski definition) is 2. The van der Waals surface area contributed by atoms with Crippen molar-refractivity contribution >= 4 is 5.52 Å². The summed E-state index contributed by atoms with van der Waals surface area (Å²) in [7, 11) is 0. The van der Waals surface area contributed by atoms with Crippen LogP contribution < -0.4 is 5.73 Å². The summed E-state index contributed by atoms with van der Waals surface area (Å²) in [5, 5.41) is 17.4. The lowest BCUT2D eigenvalue weighted by Gasteiger charge is -2.15. The van der Waals surface area contributed by atoms with E-state index in [9.17, 15) is 5.11 Å². The summed E-state index contributed by atoms with van der Waals surface area (Å²) in [5.74, 6) is 0. The topological polar surface area (TPSA) is 76.4 Å². The third kappa shape index (κ3) is 1.36. The van der Waals surface area contributed by atoms with Crippen molar-refractivity contribution < 1.29 is 5.11 Å². The zero-order valence-electron chi connectivity index (χ0n) is 7.83. The number of aliphatic hydroxyl groups excluding tert-OH is 1. The smallest absolute Gasteiger partial charge is 0.111 e. The van der Waals surface area contributed by atoms with Crippen molar-refractivity contribution in [3.05, 3.63) is 30.1 Å². The first kappa shape index (κ1) is 9.11. The van der Waals surface area contributed by atoms with Crippen LogP contribution >= 0.6 is 0 Å². The zero-order chi connectivity index (χ0) is 10.1. The monoisotopic (exact) mass is 192 g/mol. The van der Waals surface area contributed by atoms with Crippen molar-refractivity contribution in [2.75, 3.05) is 0 Å². The van der Waals surface area contributed by atoms with Gasteiger partial charge >= 0.3 is 0 Å². The van der Waals surface area contributed by atoms with Gasteiger partial charge < -0.3 is 10.8 Å². The molecule has 14 heavy (non-hydrogen) atoms. The molecule has 3 N–H and O–H groups in total. The van der Waals surface area contributed by atoms with Gasteiger partial charge in [0.1, 0.15) is 6.10 Å². The highest BCUT2D eigenvalue weighted by atomic mass is 16.3. The molecule has 2 aromatic heterocycles. The average molecular weight is 192 g/mol. The van der Waals surface area contributed by atoms with E-state index in [1.807, 2.05) is 12.1 Å². The number of fused-ring (bicyclic) bond motifs is 1. The molecule has 5 heteroatoms. The quantitative estimate of drug-likeness (QED) is 0.708. The molecule has 0 amide bonds. The molecule has 2 heterocycles. The van der Waals surface area contributed by atoms with E-state index in [1.54, 1.807) is 23.7 Å². The number of pyridine rings is 1. The molecule has 2 aromatic rings. The molecule has 0 aliphatic rings. The predicted octanol–water partition coefficient (Wildman–Crippen LogP) is 0.110. The minimum Gasteiger partial charge on any atom is -0.385 e. The molecule has 0 aliphatic carbocycles. The summed E-state index contributed by atoms with van der Waals surface area (Å²) in [5.41, 5.74) is 7.13. The van der Waals surface area contributed by atoms with Gasteiger partial charge in [-0.25, -0.2) is 4.52 Å². The van der Waals surface area contributed by atoms with Gasteiger partial charge in [0, 0.05) is 6.04 Å². The summed E-state index contributed by atoms with van der Waals surface area (Å²) in [4.78, 5) is 0. The second kappa shape index (κ2) is 3.36. The Morgan fingerprint density at radius 2 is 2.29 bits per heavy atom. The summed E-state index contributed by atoms with van der Waals surface area (Å²) in [6, 6.07) is 5.18. The maximum Gasteiger partial charge on any atom is 0.111 e. The Bertz CT molecular complexity index is 437. The fraction of sp³-hybridized carbons (Fsp3) is 0.333. The van der Waals surface area contributed by atoms with Gasteiger partial charge in [0.05, 0.1) is 17.4 Å². The van der Waals surface area contributed by atoms with Crippen LogP contribution in [0.5, 0.6) is 0 Å². The van der Waals surface area contributed by atoms with E-state index in [4.69, 9.17) is 5.73 Å². The Morgan fingerprint density at radius 3 is 3.00 bits per heavy atom. The number of nitrogens with two attached hydrogens (primary N) is 1. The molecule has 0 aromatic carbocycles. The molecule has 0 spiro atoms. The molecule has 0 saturated carbocycles. The molecule has 0 radical (unpaired) electrons. The Kier molecular flexibility index (Phi) is 2.18. The lowest BCUT2D eigenvalue weighted by atomic mass is 10.1. The van der Waals surface area contributed by atoms with Gasteiger partial charge in [-0.2, -0.15) is 0 Å². The minimum atomic E-state index is -0.722. The summed E-state index contributed by atoms with van der Waals surface area (Å²) in [6.45, 7) is 1.75. The van der Waals surface area contributed by atoms with Crippen LogP contribution in [0.3, 0.4) is 0 Å². The van der Waals surface area contributed by atoms with Crippen LogP contribution in [-0.2, 0) is 0 Å². The van der Waals surface area contributed by atoms with E-state index < -0.39 is 6.10 Å². The first-order valence-corrected chi connectivity index (χ1v) is 4.43. The molecule has 2 atom stereocenters. The number of rotatable bonds is 2. The molecule has 0 bridgehead atoms. The molecular weight excluding hydrogens is 180 g/mol. The molecule has 5 nitrogen and oxygen atoms in total. The standard InChI is InChI=1S/C9H12N4O/c1-6(10)9(14)8-4-2-3-7-5-11-12-13(7)8/h2-6,9,14H,10H2,1H3. The van der Waals surface area contributed by atoms with Crippen molar-refractivity contribution in [2.45, 2.75) is 19.1 Å². The number of aliphatic hydroxyl groups is 1. The summed E-state index contributed by atoms with van der Waals surface area (Å²) >= 11 is 0. The van der Waals surface area contributed by atoms with Crippen LogP contribution in [-0.4, -0.2) is 26.0 Å². The fourth-order valence-electron chi connectivity index (χ4n) is 1.37. The molecule has 0 saturated heterocycles. The van der Waals surface area contributed by atoms with E-state index >= 15 is 0 Å². The Hall–Kier alpha value is -1.46. The SMILES string of the molecule is CC(N)C(O)c1cccc2cnnn12. The average Bonchev–Trinajstić information content (AvgIpc) is 2.63. The van der Waals surface area contributed by atoms with Gasteiger partial charge in [-0.3, -0.25) is 0 Å². The van der Waals surface area contributed by atoms with Crippen LogP contribution in [0.15, 0.2) is 24.4 Å². The highest BCUT2D eigenvalue weighted by Crippen LogP contribution is 2.15. The van der Waals surface area contributed by atoms with Gasteiger partial charge in [0.25, 0.3) is 0 Å². The number of nitrogens with zero attached hydrogens (tertiary/aromatic N) is 3. The lowest BCUT2D eigenvalue weighted by Crippen LogP contribution is -2.26. The molecule has 2 unspecified atom stereocenters. The first-order valence-electron chi connectivity index (χ1n) is 4.43. The van der Waals surface area contributed by atoms with E-state index in [-0.39, 0.29) is 6.04 Å². The minimum absolute atomic E-state index is 0.329. The van der Waals surface area contributed by atoms with Crippen molar-refractivity contribution in [1.82, 2.24) is 14.8 Å². The molecule has 0 aliphatic heterocycles. The van der Waals surface area contributed by atoms with Crippen molar-refractivity contribution in [3.8, 4) is 0 Å². The summed E-state index contributed by atoms with van der Waals surface area (Å²) in [6.07, 6.45) is 0.914. The third-order valence-electron chi connectivity index (χ3n) is 2.16. The maximum absolute atomic E-state index is 9.80. The predicted molar refractivity (Wildman–Crippen MR) is 51.6 cm³/mol. The van der Waals surface area contributed by atoms with E-state index in [0.29, 0.717) is 5.69 Å². The van der Waals surface area contributed by atoms with E-state index in [0.717, 1.165) is 5.52 Å². The zero-order valence-corrected chi connectivity index (χ0v) is 7.83. The van der Waals surface area contributed by atoms with Gasteiger partial charge in [-0.15, -0.1) is 5.10 Å². The molecule has 74 valence electrons. The molecule has 2 rings (SSSR count). The van der Waals surface area contributed by atoms with Crippen LogP contribution in [0.2, 0.25) is 0 Å². The number of hydrogen-bond acceptors (Lipinski definition) is 4. The number of aromatic nitrogens is 3. The second-order valence-corrected chi connectivity index (χ2v) is 3.33. The Morgan fingerprint density at radius 1 is 1.50 bits per heavy atom. The maximum atomic E-state index is 9.80. The van der Waals surface area contributed by atoms with Gasteiger partial charge in [-0.05, 0) is 19.1 Å². The van der Waals surface area contributed by atoms with Crippen LogP contribution in [0.1, 0.15) is 18.7 Å². The molecule has 0 fully saturated rings. The van der Waals surface area contributed by atoms with Gasteiger partial charge in [-0.1, -0.05) is 11.3 Å². The van der Waals surface area contributed by atoms with Crippen LogP contribution in [0, 0.1) is 0 Å². The Labute approximate surface area is 81.2 Å². The second-order valence-electron chi connectivity index (χ2n) is 3.33.